The van der Waals surface area contributed by atoms with Gasteiger partial charge in [-0.05, 0) is 79.6 Å². The summed E-state index contributed by atoms with van der Waals surface area (Å²) in [6, 6.07) is 27.6. The molecule has 0 spiro atoms. The molecule has 3 nitrogen and oxygen atoms in total. The molecule has 0 amide bonds. The highest BCUT2D eigenvalue weighted by Crippen LogP contribution is 2.41. The van der Waals surface area contributed by atoms with Crippen molar-refractivity contribution in [3.8, 4) is 17.5 Å². The fraction of sp³-hybridized carbons (Fsp3) is 0.250. The van der Waals surface area contributed by atoms with Crippen molar-refractivity contribution >= 4 is 10.9 Å². The van der Waals surface area contributed by atoms with E-state index in [1.54, 1.807) is 0 Å². The van der Waals surface area contributed by atoms with Crippen LogP contribution in [0.25, 0.3) is 16.6 Å². The fourth-order valence-corrected chi connectivity index (χ4v) is 4.78. The molecule has 1 fully saturated rings. The third-order valence-electron chi connectivity index (χ3n) is 6.48. The second-order valence-electron chi connectivity index (χ2n) is 8.52. The van der Waals surface area contributed by atoms with Gasteiger partial charge < -0.3 is 9.30 Å². The van der Waals surface area contributed by atoms with Crippen molar-refractivity contribution in [2.24, 2.45) is 5.92 Å². The molecule has 160 valence electrons. The first-order valence-corrected chi connectivity index (χ1v) is 11.2. The van der Waals surface area contributed by atoms with Crippen molar-refractivity contribution in [2.75, 3.05) is 0 Å². The maximum absolute atomic E-state index is 13.6. The van der Waals surface area contributed by atoms with Crippen LogP contribution in [0.2, 0.25) is 0 Å². The number of fused-ring (bicyclic) bond motifs is 1. The summed E-state index contributed by atoms with van der Waals surface area (Å²) < 4.78 is 22.1. The van der Waals surface area contributed by atoms with Crippen LogP contribution in [0.5, 0.6) is 5.75 Å². The lowest BCUT2D eigenvalue weighted by atomic mass is 9.81. The van der Waals surface area contributed by atoms with Gasteiger partial charge in [-0.25, -0.2) is 4.39 Å². The number of hydrogen-bond donors (Lipinski definition) is 0. The molecule has 1 aliphatic carbocycles. The van der Waals surface area contributed by atoms with E-state index in [1.165, 1.54) is 17.8 Å². The van der Waals surface area contributed by atoms with Crippen LogP contribution in [0.4, 0.5) is 4.39 Å². The maximum atomic E-state index is 13.6. The van der Waals surface area contributed by atoms with Crippen molar-refractivity contribution in [2.45, 2.75) is 38.2 Å². The van der Waals surface area contributed by atoms with Gasteiger partial charge in [0.15, 0.2) is 0 Å². The molecule has 0 unspecified atom stereocenters. The van der Waals surface area contributed by atoms with Crippen molar-refractivity contribution in [3.05, 3.63) is 95.9 Å². The molecule has 32 heavy (non-hydrogen) atoms. The Kier molecular flexibility index (Phi) is 5.64. The lowest BCUT2D eigenvalue weighted by Crippen LogP contribution is -2.14. The molecule has 4 heteroatoms. The van der Waals surface area contributed by atoms with Crippen LogP contribution < -0.4 is 4.74 Å². The highest BCUT2D eigenvalue weighted by atomic mass is 19.1. The zero-order valence-electron chi connectivity index (χ0n) is 17.9. The van der Waals surface area contributed by atoms with Gasteiger partial charge in [0.25, 0.3) is 0 Å². The van der Waals surface area contributed by atoms with Crippen molar-refractivity contribution in [3.63, 3.8) is 0 Å². The lowest BCUT2D eigenvalue weighted by molar-refractivity contribution is 0.310. The fourth-order valence-electron chi connectivity index (χ4n) is 4.78. The minimum Gasteiger partial charge on any atom is -0.488 e. The van der Waals surface area contributed by atoms with Gasteiger partial charge in [-0.15, -0.1) is 0 Å². The zero-order chi connectivity index (χ0) is 21.9. The largest absolute Gasteiger partial charge is 0.488 e. The minimum absolute atomic E-state index is 0.152. The molecule has 0 N–H and O–H groups in total. The van der Waals surface area contributed by atoms with Crippen LogP contribution in [0.1, 0.15) is 42.9 Å². The summed E-state index contributed by atoms with van der Waals surface area (Å²) >= 11 is 0. The molecule has 4 aromatic rings. The van der Waals surface area contributed by atoms with Crippen molar-refractivity contribution in [1.82, 2.24) is 4.57 Å². The van der Waals surface area contributed by atoms with Gasteiger partial charge in [0, 0.05) is 22.7 Å². The van der Waals surface area contributed by atoms with Crippen molar-refractivity contribution in [1.29, 1.82) is 5.26 Å². The first-order valence-electron chi connectivity index (χ1n) is 11.2. The summed E-state index contributed by atoms with van der Waals surface area (Å²) in [5.74, 6) is 1.12. The predicted octanol–water partition coefficient (Wildman–Crippen LogP) is 7.15. The summed E-state index contributed by atoms with van der Waals surface area (Å²) in [6.07, 6.45) is 3.80. The molecule has 1 aliphatic rings. The number of halogens is 1. The van der Waals surface area contributed by atoms with Gasteiger partial charge in [-0.3, -0.25) is 0 Å². The molecule has 1 heterocycles. The molecule has 0 atom stereocenters. The second kappa shape index (κ2) is 8.88. The number of benzene rings is 3. The van der Waals surface area contributed by atoms with Crippen molar-refractivity contribution < 1.29 is 9.13 Å². The van der Waals surface area contributed by atoms with E-state index in [2.05, 4.69) is 34.9 Å². The Balaban J connectivity index is 1.57. The maximum Gasteiger partial charge on any atom is 0.129 e. The van der Waals surface area contributed by atoms with Crippen LogP contribution >= 0.6 is 0 Å². The Morgan fingerprint density at radius 1 is 0.906 bits per heavy atom. The number of aromatic nitrogens is 1. The Morgan fingerprint density at radius 2 is 1.66 bits per heavy atom. The van der Waals surface area contributed by atoms with Crippen LogP contribution in [-0.2, 0) is 6.61 Å². The van der Waals surface area contributed by atoms with Gasteiger partial charge in [-0.1, -0.05) is 36.4 Å². The summed E-state index contributed by atoms with van der Waals surface area (Å²) in [4.78, 5) is 0. The van der Waals surface area contributed by atoms with E-state index in [9.17, 15) is 9.65 Å². The van der Waals surface area contributed by atoms with Crippen LogP contribution in [-0.4, -0.2) is 4.57 Å². The van der Waals surface area contributed by atoms with E-state index in [4.69, 9.17) is 4.74 Å². The highest BCUT2D eigenvalue weighted by molar-refractivity contribution is 5.89. The first-order chi connectivity index (χ1) is 15.7. The Hall–Kier alpha value is -3.58. The Bertz CT molecular complexity index is 1250. The minimum atomic E-state index is -0.242. The van der Waals surface area contributed by atoms with Gasteiger partial charge in [0.05, 0.1) is 11.6 Å². The number of ether oxygens (including phenoxy) is 1. The molecule has 0 bridgehead atoms. The molecule has 1 saturated carbocycles. The molecule has 0 saturated heterocycles. The van der Waals surface area contributed by atoms with E-state index in [-0.39, 0.29) is 11.7 Å². The SMILES string of the molecule is N#CC1CCC(c2cc3c(OCc4ccccc4)cccc3n2-c2ccc(F)cc2)CC1. The Labute approximate surface area is 187 Å². The van der Waals surface area contributed by atoms with Crippen LogP contribution in [0.3, 0.4) is 0 Å². The topological polar surface area (TPSA) is 37.9 Å². The quantitative estimate of drug-likeness (QED) is 0.341. The molecule has 1 aromatic heterocycles. The molecule has 5 rings (SSSR count). The smallest absolute Gasteiger partial charge is 0.129 e. The average Bonchev–Trinajstić information content (AvgIpc) is 3.24. The highest BCUT2D eigenvalue weighted by Gasteiger charge is 2.26. The van der Waals surface area contributed by atoms with Crippen LogP contribution in [0, 0.1) is 23.1 Å². The first kappa shape index (κ1) is 20.3. The predicted molar refractivity (Wildman–Crippen MR) is 124 cm³/mol. The van der Waals surface area contributed by atoms with Gasteiger partial charge in [-0.2, -0.15) is 5.26 Å². The van der Waals surface area contributed by atoms with Gasteiger partial charge in [0.2, 0.25) is 0 Å². The van der Waals surface area contributed by atoms with E-state index in [0.29, 0.717) is 12.5 Å². The third kappa shape index (κ3) is 3.99. The molecular formula is C28H25FN2O. The number of nitrogens with zero attached hydrogens (tertiary/aromatic N) is 2. The molecule has 0 radical (unpaired) electrons. The van der Waals surface area contributed by atoms with E-state index in [0.717, 1.165) is 53.6 Å². The summed E-state index contributed by atoms with van der Waals surface area (Å²) in [7, 11) is 0. The van der Waals surface area contributed by atoms with E-state index in [1.807, 2.05) is 42.5 Å². The second-order valence-corrected chi connectivity index (χ2v) is 8.52. The van der Waals surface area contributed by atoms with Gasteiger partial charge in [0.1, 0.15) is 18.2 Å². The number of hydrogen-bond acceptors (Lipinski definition) is 2. The molecule has 3 aromatic carbocycles. The summed E-state index contributed by atoms with van der Waals surface area (Å²) in [6.45, 7) is 0.504. The summed E-state index contributed by atoms with van der Waals surface area (Å²) in [5, 5.41) is 10.4. The number of nitriles is 1. The third-order valence-corrected chi connectivity index (χ3v) is 6.48. The lowest BCUT2D eigenvalue weighted by Gasteiger charge is -2.26. The molecular weight excluding hydrogens is 399 g/mol. The average molecular weight is 425 g/mol. The van der Waals surface area contributed by atoms with Gasteiger partial charge >= 0.3 is 0 Å². The monoisotopic (exact) mass is 424 g/mol. The zero-order valence-corrected chi connectivity index (χ0v) is 17.9. The van der Waals surface area contributed by atoms with E-state index < -0.39 is 0 Å². The van der Waals surface area contributed by atoms with E-state index >= 15 is 0 Å². The standard InChI is InChI=1S/C28H25FN2O/c29-23-13-15-24(16-14-23)31-26-7-4-8-28(32-19-21-5-2-1-3-6-21)25(26)17-27(31)22-11-9-20(18-30)10-12-22/h1-8,13-17,20,22H,9-12,19H2. The number of rotatable bonds is 5. The Morgan fingerprint density at radius 3 is 2.38 bits per heavy atom. The normalized spacial score (nSPS) is 18.4. The summed E-state index contributed by atoms with van der Waals surface area (Å²) in [5.41, 5.74) is 4.33. The van der Waals surface area contributed by atoms with Crippen LogP contribution in [0.15, 0.2) is 78.9 Å². The molecule has 0 aliphatic heterocycles.